The van der Waals surface area contributed by atoms with Crippen molar-refractivity contribution in [2.45, 2.75) is 25.7 Å². The van der Waals surface area contributed by atoms with Crippen LogP contribution in [0.3, 0.4) is 0 Å². The highest BCUT2D eigenvalue weighted by atomic mass is 15.1. The number of allylic oxidation sites excluding steroid dienone is 8. The third kappa shape index (κ3) is 4.23. The van der Waals surface area contributed by atoms with Gasteiger partial charge in [-0.3, -0.25) is 0 Å². The molecule has 1 unspecified atom stereocenters. The second-order valence-corrected chi connectivity index (χ2v) is 13.4. The summed E-state index contributed by atoms with van der Waals surface area (Å²) in [7, 11) is 0. The van der Waals surface area contributed by atoms with Gasteiger partial charge in [0.15, 0.2) is 0 Å². The Hall–Kier alpha value is -5.40. The van der Waals surface area contributed by atoms with Gasteiger partial charge in [-0.05, 0) is 103 Å². The zero-order valence-corrected chi connectivity index (χ0v) is 26.2. The van der Waals surface area contributed by atoms with Crippen molar-refractivity contribution in [1.82, 2.24) is 0 Å². The Labute approximate surface area is 271 Å². The van der Waals surface area contributed by atoms with E-state index in [1.807, 2.05) is 0 Å². The molecule has 0 saturated carbocycles. The molecule has 1 nitrogen and oxygen atoms in total. The Balaban J connectivity index is 1.28. The predicted octanol–water partition coefficient (Wildman–Crippen LogP) is 12.2. The minimum atomic E-state index is -0.0318. The SMILES string of the molecule is CC1(C)c2ccccc2-c2cc(N(c3ccc4ccccc4c3)c3cc(C4=CCC5C=CC=CC5=C4)c4ccccc4c3)ccc21. The van der Waals surface area contributed by atoms with E-state index in [1.54, 1.807) is 0 Å². The summed E-state index contributed by atoms with van der Waals surface area (Å²) in [4.78, 5) is 2.46. The van der Waals surface area contributed by atoms with E-state index in [9.17, 15) is 0 Å². The second-order valence-electron chi connectivity index (χ2n) is 13.4. The lowest BCUT2D eigenvalue weighted by Gasteiger charge is -2.29. The Morgan fingerprint density at radius 3 is 2.20 bits per heavy atom. The standard InChI is InChI=1S/C45H35N/c1-45(2)43-18-10-9-17-40(43)42-28-37(23-24-44(42)45)46(36-22-21-31-12-4-6-14-33(31)26-36)38-27-34-15-7-8-16-39(34)41(29-38)35-20-19-30-11-3-5-13-32(30)25-35/h3-18,20-30H,19H2,1-2H3. The van der Waals surface area contributed by atoms with Crippen LogP contribution in [-0.4, -0.2) is 0 Å². The number of benzene rings is 6. The van der Waals surface area contributed by atoms with Crippen molar-refractivity contribution in [3.63, 3.8) is 0 Å². The Morgan fingerprint density at radius 1 is 0.587 bits per heavy atom. The first-order valence-electron chi connectivity index (χ1n) is 16.4. The van der Waals surface area contributed by atoms with Gasteiger partial charge < -0.3 is 4.90 Å². The third-order valence-electron chi connectivity index (χ3n) is 10.3. The van der Waals surface area contributed by atoms with Gasteiger partial charge in [0, 0.05) is 28.4 Å². The lowest BCUT2D eigenvalue weighted by Crippen LogP contribution is -2.15. The van der Waals surface area contributed by atoms with Crippen molar-refractivity contribution in [2.75, 3.05) is 4.90 Å². The van der Waals surface area contributed by atoms with Gasteiger partial charge in [-0.1, -0.05) is 135 Å². The lowest BCUT2D eigenvalue weighted by molar-refractivity contribution is 0.660. The first-order valence-corrected chi connectivity index (χ1v) is 16.4. The van der Waals surface area contributed by atoms with Gasteiger partial charge >= 0.3 is 0 Å². The first-order chi connectivity index (χ1) is 22.5. The van der Waals surface area contributed by atoms with Crippen molar-refractivity contribution in [3.8, 4) is 11.1 Å². The summed E-state index contributed by atoms with van der Waals surface area (Å²) < 4.78 is 0. The van der Waals surface area contributed by atoms with Crippen LogP contribution in [0.25, 0.3) is 38.2 Å². The van der Waals surface area contributed by atoms with Crippen LogP contribution in [0, 0.1) is 5.92 Å². The van der Waals surface area contributed by atoms with Crippen LogP contribution in [-0.2, 0) is 5.41 Å². The molecule has 0 spiro atoms. The number of rotatable bonds is 4. The fraction of sp³-hybridized carbons (Fsp3) is 0.111. The maximum Gasteiger partial charge on any atom is 0.0474 e. The van der Waals surface area contributed by atoms with Crippen LogP contribution in [0.15, 0.2) is 163 Å². The fourth-order valence-electron chi connectivity index (χ4n) is 7.92. The highest BCUT2D eigenvalue weighted by Gasteiger charge is 2.35. The minimum Gasteiger partial charge on any atom is -0.310 e. The fourth-order valence-corrected chi connectivity index (χ4v) is 7.92. The van der Waals surface area contributed by atoms with Gasteiger partial charge in [-0.2, -0.15) is 0 Å². The van der Waals surface area contributed by atoms with E-state index in [0.29, 0.717) is 5.92 Å². The van der Waals surface area contributed by atoms with E-state index in [-0.39, 0.29) is 5.41 Å². The molecule has 0 aromatic heterocycles. The molecule has 3 aliphatic rings. The largest absolute Gasteiger partial charge is 0.310 e. The molecule has 0 saturated heterocycles. The molecule has 0 heterocycles. The van der Waals surface area contributed by atoms with Crippen molar-refractivity contribution >= 4 is 44.2 Å². The number of hydrogen-bond donors (Lipinski definition) is 0. The zero-order chi connectivity index (χ0) is 30.8. The number of nitrogens with zero attached hydrogens (tertiary/aromatic N) is 1. The van der Waals surface area contributed by atoms with Crippen LogP contribution >= 0.6 is 0 Å². The molecule has 1 heteroatoms. The lowest BCUT2D eigenvalue weighted by atomic mass is 9.82. The van der Waals surface area contributed by atoms with E-state index in [4.69, 9.17) is 0 Å². The molecule has 3 aliphatic carbocycles. The first kappa shape index (κ1) is 27.0. The van der Waals surface area contributed by atoms with Crippen molar-refractivity contribution in [1.29, 1.82) is 0 Å². The van der Waals surface area contributed by atoms with Crippen molar-refractivity contribution in [2.24, 2.45) is 5.92 Å². The third-order valence-corrected chi connectivity index (χ3v) is 10.3. The molecule has 0 N–H and O–H groups in total. The maximum atomic E-state index is 2.46. The monoisotopic (exact) mass is 589 g/mol. The summed E-state index contributed by atoms with van der Waals surface area (Å²) in [5, 5.41) is 5.01. The van der Waals surface area contributed by atoms with Gasteiger partial charge in [0.1, 0.15) is 0 Å². The molecule has 0 bridgehead atoms. The summed E-state index contributed by atoms with van der Waals surface area (Å²) >= 11 is 0. The smallest absolute Gasteiger partial charge is 0.0474 e. The van der Waals surface area contributed by atoms with E-state index < -0.39 is 0 Å². The van der Waals surface area contributed by atoms with Gasteiger partial charge in [0.2, 0.25) is 0 Å². The Bertz CT molecular complexity index is 2330. The van der Waals surface area contributed by atoms with Crippen molar-refractivity contribution in [3.05, 3.63) is 180 Å². The number of fused-ring (bicyclic) bond motifs is 6. The Morgan fingerprint density at radius 2 is 1.28 bits per heavy atom. The summed E-state index contributed by atoms with van der Waals surface area (Å²) in [5.74, 6) is 0.468. The average Bonchev–Trinajstić information content (AvgIpc) is 3.33. The quantitative estimate of drug-likeness (QED) is 0.198. The second kappa shape index (κ2) is 10.3. The Kier molecular flexibility index (Phi) is 6.05. The topological polar surface area (TPSA) is 3.24 Å². The average molecular weight is 590 g/mol. The molecule has 220 valence electrons. The summed E-state index contributed by atoms with van der Waals surface area (Å²) in [6.45, 7) is 4.70. The molecule has 1 atom stereocenters. The molecule has 0 fully saturated rings. The van der Waals surface area contributed by atoms with Crippen molar-refractivity contribution < 1.29 is 0 Å². The summed E-state index contributed by atoms with van der Waals surface area (Å²) in [6, 6.07) is 45.1. The molecule has 46 heavy (non-hydrogen) atoms. The van der Waals surface area contributed by atoms with E-state index in [2.05, 4.69) is 177 Å². The summed E-state index contributed by atoms with van der Waals surface area (Å²) in [5.41, 5.74) is 12.9. The highest BCUT2D eigenvalue weighted by Crippen LogP contribution is 2.51. The van der Waals surface area contributed by atoms with Gasteiger partial charge in [-0.15, -0.1) is 0 Å². The van der Waals surface area contributed by atoms with Crippen LogP contribution < -0.4 is 4.90 Å². The van der Waals surface area contributed by atoms with E-state index >= 15 is 0 Å². The van der Waals surface area contributed by atoms with Crippen LogP contribution in [0.2, 0.25) is 0 Å². The normalized spacial score (nSPS) is 17.3. The van der Waals surface area contributed by atoms with Crippen LogP contribution in [0.1, 0.15) is 37.0 Å². The molecule has 0 aliphatic heterocycles. The molecule has 6 aromatic rings. The molecule has 6 aromatic carbocycles. The number of hydrogen-bond acceptors (Lipinski definition) is 1. The molecule has 0 amide bonds. The molecule has 9 rings (SSSR count). The maximum absolute atomic E-state index is 2.46. The molecular formula is C45H35N. The van der Waals surface area contributed by atoms with E-state index in [0.717, 1.165) is 17.8 Å². The van der Waals surface area contributed by atoms with Gasteiger partial charge in [-0.25, -0.2) is 0 Å². The van der Waals surface area contributed by atoms with Crippen LogP contribution in [0.4, 0.5) is 17.1 Å². The molecule has 0 radical (unpaired) electrons. The summed E-state index contributed by atoms with van der Waals surface area (Å²) in [6.07, 6.45) is 14.8. The van der Waals surface area contributed by atoms with Gasteiger partial charge in [0.25, 0.3) is 0 Å². The zero-order valence-electron chi connectivity index (χ0n) is 26.2. The number of anilines is 3. The van der Waals surface area contributed by atoms with E-state index in [1.165, 1.54) is 66.2 Å². The predicted molar refractivity (Wildman–Crippen MR) is 196 cm³/mol. The van der Waals surface area contributed by atoms with Gasteiger partial charge in [0.05, 0.1) is 0 Å². The molecular weight excluding hydrogens is 555 g/mol. The minimum absolute atomic E-state index is 0.0318. The van der Waals surface area contributed by atoms with Crippen LogP contribution in [0.5, 0.6) is 0 Å². The highest BCUT2D eigenvalue weighted by molar-refractivity contribution is 6.01.